The predicted molar refractivity (Wildman–Crippen MR) is 79.8 cm³/mol. The van der Waals surface area contributed by atoms with Crippen molar-refractivity contribution in [2.45, 2.75) is 31.8 Å². The molecule has 1 aliphatic heterocycles. The first-order valence-electron chi connectivity index (χ1n) is 7.10. The molecule has 108 valence electrons. The molecule has 0 saturated carbocycles. The van der Waals surface area contributed by atoms with Gasteiger partial charge in [-0.1, -0.05) is 6.07 Å². The number of fused-ring (bicyclic) bond motifs is 1. The summed E-state index contributed by atoms with van der Waals surface area (Å²) >= 11 is 5.86. The van der Waals surface area contributed by atoms with Crippen LogP contribution in [0.1, 0.15) is 18.7 Å². The summed E-state index contributed by atoms with van der Waals surface area (Å²) in [5.41, 5.74) is 1.35. The number of hydrogen-bond acceptors (Lipinski definition) is 2. The maximum Gasteiger partial charge on any atom is 0.151 e. The zero-order valence-corrected chi connectivity index (χ0v) is 12.4. The molecule has 0 radical (unpaired) electrons. The number of para-hydroxylation sites is 1. The van der Waals surface area contributed by atoms with Crippen molar-refractivity contribution < 1.29 is 4.39 Å². The van der Waals surface area contributed by atoms with E-state index in [9.17, 15) is 4.39 Å². The van der Waals surface area contributed by atoms with Crippen molar-refractivity contribution in [2.24, 2.45) is 0 Å². The number of hydrogen-bond donors (Lipinski definition) is 0. The van der Waals surface area contributed by atoms with Crippen LogP contribution in [0, 0.1) is 5.82 Å². The Balaban J connectivity index is 2.02. The Hall–Kier alpha value is -1.13. The number of likely N-dealkylation sites (N-methyl/N-ethyl adjacent to an activating group) is 1. The van der Waals surface area contributed by atoms with E-state index < -0.39 is 0 Å². The van der Waals surface area contributed by atoms with Crippen LogP contribution in [-0.2, 0) is 13.0 Å². The van der Waals surface area contributed by atoms with E-state index in [-0.39, 0.29) is 5.82 Å². The Kier molecular flexibility index (Phi) is 3.94. The second-order valence-corrected chi connectivity index (χ2v) is 5.84. The molecular weight excluding hydrogens is 277 g/mol. The normalized spacial score (nSPS) is 20.1. The molecule has 0 amide bonds. The molecule has 0 N–H and O–H groups in total. The lowest BCUT2D eigenvalue weighted by Crippen LogP contribution is -2.29. The highest BCUT2D eigenvalue weighted by Gasteiger charge is 2.23. The van der Waals surface area contributed by atoms with Gasteiger partial charge in [-0.2, -0.15) is 0 Å². The van der Waals surface area contributed by atoms with Crippen LogP contribution in [0.3, 0.4) is 0 Å². The van der Waals surface area contributed by atoms with Gasteiger partial charge in [0.15, 0.2) is 5.82 Å². The van der Waals surface area contributed by atoms with Gasteiger partial charge in [-0.15, -0.1) is 11.6 Å². The van der Waals surface area contributed by atoms with Gasteiger partial charge in [0, 0.05) is 24.9 Å². The number of alkyl halides is 1. The molecule has 3 rings (SSSR count). The van der Waals surface area contributed by atoms with E-state index >= 15 is 0 Å². The van der Waals surface area contributed by atoms with Gasteiger partial charge >= 0.3 is 0 Å². The zero-order valence-electron chi connectivity index (χ0n) is 11.6. The topological polar surface area (TPSA) is 21.1 Å². The van der Waals surface area contributed by atoms with Crippen LogP contribution in [0.4, 0.5) is 4.39 Å². The number of benzene rings is 1. The van der Waals surface area contributed by atoms with E-state index in [4.69, 9.17) is 11.6 Å². The quantitative estimate of drug-likeness (QED) is 0.809. The van der Waals surface area contributed by atoms with Crippen LogP contribution in [0.25, 0.3) is 11.0 Å². The molecule has 2 aromatic rings. The smallest absolute Gasteiger partial charge is 0.151 e. The van der Waals surface area contributed by atoms with Crippen molar-refractivity contribution in [3.63, 3.8) is 0 Å². The van der Waals surface area contributed by atoms with Crippen LogP contribution in [0.2, 0.25) is 0 Å². The summed E-state index contributed by atoms with van der Waals surface area (Å²) in [5.74, 6) is 1.14. The fourth-order valence-electron chi connectivity index (χ4n) is 3.06. The van der Waals surface area contributed by atoms with Crippen LogP contribution >= 0.6 is 11.6 Å². The molecule has 0 spiro atoms. The first-order valence-corrected chi connectivity index (χ1v) is 7.64. The Labute approximate surface area is 123 Å². The van der Waals surface area contributed by atoms with Gasteiger partial charge < -0.3 is 9.47 Å². The first kappa shape index (κ1) is 13.8. The minimum Gasteiger partial charge on any atom is -0.326 e. The molecule has 0 aliphatic carbocycles. The number of imidazole rings is 1. The van der Waals surface area contributed by atoms with Gasteiger partial charge in [-0.05, 0) is 38.6 Å². The summed E-state index contributed by atoms with van der Waals surface area (Å²) in [6.45, 7) is 2.00. The summed E-state index contributed by atoms with van der Waals surface area (Å²) in [4.78, 5) is 6.82. The molecule has 0 bridgehead atoms. The number of rotatable bonds is 4. The maximum absolute atomic E-state index is 13.9. The highest BCUT2D eigenvalue weighted by Crippen LogP contribution is 2.23. The van der Waals surface area contributed by atoms with Crippen LogP contribution < -0.4 is 0 Å². The zero-order chi connectivity index (χ0) is 14.1. The molecule has 2 heterocycles. The number of aryl methyl sites for hydroxylation is 1. The maximum atomic E-state index is 13.9. The van der Waals surface area contributed by atoms with Crippen molar-refractivity contribution in [3.05, 3.63) is 29.8 Å². The first-order chi connectivity index (χ1) is 9.70. The average molecular weight is 296 g/mol. The fraction of sp³-hybridized carbons (Fsp3) is 0.533. The summed E-state index contributed by atoms with van der Waals surface area (Å²) < 4.78 is 16.0. The van der Waals surface area contributed by atoms with E-state index in [0.29, 0.717) is 23.9 Å². The van der Waals surface area contributed by atoms with Gasteiger partial charge in [-0.3, -0.25) is 0 Å². The summed E-state index contributed by atoms with van der Waals surface area (Å²) in [5, 5.41) is 0. The number of likely N-dealkylation sites (tertiary alicyclic amines) is 1. The molecule has 20 heavy (non-hydrogen) atoms. The Morgan fingerprint density at radius 3 is 3.00 bits per heavy atom. The molecule has 1 unspecified atom stereocenters. The third kappa shape index (κ3) is 2.42. The molecule has 1 fully saturated rings. The molecule has 3 nitrogen and oxygen atoms in total. The monoisotopic (exact) mass is 295 g/mol. The molecule has 1 aromatic heterocycles. The van der Waals surface area contributed by atoms with Gasteiger partial charge in [0.05, 0.1) is 5.52 Å². The largest absolute Gasteiger partial charge is 0.326 e. The van der Waals surface area contributed by atoms with Gasteiger partial charge in [0.2, 0.25) is 0 Å². The van der Waals surface area contributed by atoms with Crippen molar-refractivity contribution in [2.75, 3.05) is 19.5 Å². The lowest BCUT2D eigenvalue weighted by molar-refractivity contribution is 0.282. The third-order valence-corrected chi connectivity index (χ3v) is 4.38. The molecular formula is C15H19ClFN3. The summed E-state index contributed by atoms with van der Waals surface area (Å²) in [7, 11) is 2.15. The van der Waals surface area contributed by atoms with Crippen LogP contribution in [-0.4, -0.2) is 40.0 Å². The second kappa shape index (κ2) is 5.70. The van der Waals surface area contributed by atoms with Gasteiger partial charge in [0.1, 0.15) is 11.3 Å². The van der Waals surface area contributed by atoms with E-state index in [0.717, 1.165) is 24.4 Å². The van der Waals surface area contributed by atoms with E-state index in [1.807, 2.05) is 6.07 Å². The van der Waals surface area contributed by atoms with Crippen molar-refractivity contribution in [1.82, 2.24) is 14.5 Å². The number of nitrogens with zero attached hydrogens (tertiary/aromatic N) is 3. The van der Waals surface area contributed by atoms with Crippen molar-refractivity contribution in [1.29, 1.82) is 0 Å². The molecule has 1 aliphatic rings. The Morgan fingerprint density at radius 2 is 2.30 bits per heavy atom. The molecule has 1 saturated heterocycles. The van der Waals surface area contributed by atoms with Gasteiger partial charge in [0.25, 0.3) is 0 Å². The lowest BCUT2D eigenvalue weighted by atomic mass is 10.2. The van der Waals surface area contributed by atoms with Crippen molar-refractivity contribution >= 4 is 22.6 Å². The number of aromatic nitrogens is 2. The van der Waals surface area contributed by atoms with Crippen LogP contribution in [0.5, 0.6) is 0 Å². The highest BCUT2D eigenvalue weighted by atomic mass is 35.5. The lowest BCUT2D eigenvalue weighted by Gasteiger charge is -2.21. The Bertz CT molecular complexity index is 610. The third-order valence-electron chi connectivity index (χ3n) is 4.19. The van der Waals surface area contributed by atoms with Crippen molar-refractivity contribution in [3.8, 4) is 0 Å². The van der Waals surface area contributed by atoms with E-state index in [1.165, 1.54) is 18.9 Å². The van der Waals surface area contributed by atoms with Crippen LogP contribution in [0.15, 0.2) is 18.2 Å². The number of halogens is 2. The fourth-order valence-corrected chi connectivity index (χ4v) is 3.23. The SMILES string of the molecule is CN1CCCC1Cn1c(CCCl)nc2c(F)cccc21. The molecule has 1 aromatic carbocycles. The predicted octanol–water partition coefficient (Wildman–Crippen LogP) is 3.05. The van der Waals surface area contributed by atoms with Gasteiger partial charge in [-0.25, -0.2) is 9.37 Å². The summed E-state index contributed by atoms with van der Waals surface area (Å²) in [6, 6.07) is 5.66. The molecule has 1 atom stereocenters. The van der Waals surface area contributed by atoms with E-state index in [2.05, 4.69) is 21.5 Å². The highest BCUT2D eigenvalue weighted by molar-refractivity contribution is 6.17. The minimum absolute atomic E-state index is 0.253. The average Bonchev–Trinajstić information content (AvgIpc) is 2.98. The molecule has 5 heteroatoms. The Morgan fingerprint density at radius 1 is 1.45 bits per heavy atom. The second-order valence-electron chi connectivity index (χ2n) is 5.46. The standard InChI is InChI=1S/C15H19ClFN3/c1-19-9-3-4-11(19)10-20-13-6-2-5-12(17)15(13)18-14(20)7-8-16/h2,5-6,11H,3-4,7-10H2,1H3. The van der Waals surface area contributed by atoms with E-state index in [1.54, 1.807) is 6.07 Å². The minimum atomic E-state index is -0.253. The summed E-state index contributed by atoms with van der Waals surface area (Å²) in [6.07, 6.45) is 3.09.